The zero-order valence-electron chi connectivity index (χ0n) is 11.0. The molecule has 18 heavy (non-hydrogen) atoms. The van der Waals surface area contributed by atoms with E-state index in [0.29, 0.717) is 6.54 Å². The molecule has 0 spiro atoms. The van der Waals surface area contributed by atoms with Crippen molar-refractivity contribution in [3.05, 3.63) is 0 Å². The highest BCUT2D eigenvalue weighted by Crippen LogP contribution is 2.10. The van der Waals surface area contributed by atoms with E-state index in [4.69, 9.17) is 10.2 Å². The summed E-state index contributed by atoms with van der Waals surface area (Å²) in [6.07, 6.45) is 8.94. The molecule has 5 heteroatoms. The number of hydrogen-bond acceptors (Lipinski definition) is 2. The molecule has 0 aliphatic heterocycles. The molecule has 0 bridgehead atoms. The molecule has 5 nitrogen and oxygen atoms in total. The van der Waals surface area contributed by atoms with Gasteiger partial charge in [-0.1, -0.05) is 44.9 Å². The number of hydrogen-bond donors (Lipinski definition) is 3. The van der Waals surface area contributed by atoms with Crippen molar-refractivity contribution in [3.8, 4) is 0 Å². The van der Waals surface area contributed by atoms with E-state index in [0.717, 1.165) is 38.5 Å². The molecule has 0 saturated carbocycles. The smallest absolute Gasteiger partial charge is 0.404 e. The van der Waals surface area contributed by atoms with Crippen LogP contribution in [0.3, 0.4) is 0 Å². The van der Waals surface area contributed by atoms with E-state index in [1.165, 1.54) is 19.3 Å². The van der Waals surface area contributed by atoms with Crippen LogP contribution in [0.15, 0.2) is 0 Å². The van der Waals surface area contributed by atoms with E-state index < -0.39 is 12.1 Å². The SMILES string of the molecule is O=C(O)CCCCCCCCCCCNC(=O)O. The number of rotatable bonds is 12. The highest BCUT2D eigenvalue weighted by Gasteiger charge is 1.97. The molecule has 0 saturated heterocycles. The molecule has 0 unspecified atom stereocenters. The molecule has 0 aliphatic carbocycles. The Labute approximate surface area is 109 Å². The third-order valence-electron chi connectivity index (χ3n) is 2.84. The zero-order chi connectivity index (χ0) is 13.6. The average Bonchev–Trinajstić information content (AvgIpc) is 2.29. The van der Waals surface area contributed by atoms with Crippen molar-refractivity contribution >= 4 is 12.1 Å². The topological polar surface area (TPSA) is 86.6 Å². The highest BCUT2D eigenvalue weighted by atomic mass is 16.4. The molecule has 0 aromatic heterocycles. The van der Waals surface area contributed by atoms with Gasteiger partial charge in [0.25, 0.3) is 0 Å². The third kappa shape index (κ3) is 14.7. The molecule has 0 aromatic carbocycles. The van der Waals surface area contributed by atoms with Gasteiger partial charge in [0.1, 0.15) is 0 Å². The van der Waals surface area contributed by atoms with Crippen molar-refractivity contribution in [2.45, 2.75) is 64.2 Å². The van der Waals surface area contributed by atoms with Gasteiger partial charge in [-0.25, -0.2) is 4.79 Å². The Balaban J connectivity index is 2.99. The summed E-state index contributed by atoms with van der Waals surface area (Å²) in [6.45, 7) is 0.546. The minimum absolute atomic E-state index is 0.288. The molecule has 0 atom stereocenters. The van der Waals surface area contributed by atoms with Gasteiger partial charge in [0, 0.05) is 13.0 Å². The van der Waals surface area contributed by atoms with Gasteiger partial charge in [-0.15, -0.1) is 0 Å². The van der Waals surface area contributed by atoms with Crippen molar-refractivity contribution in [2.75, 3.05) is 6.54 Å². The summed E-state index contributed by atoms with van der Waals surface area (Å²) >= 11 is 0. The fraction of sp³-hybridized carbons (Fsp3) is 0.846. The van der Waals surface area contributed by atoms with Crippen LogP contribution in [-0.4, -0.2) is 28.8 Å². The van der Waals surface area contributed by atoms with Crippen molar-refractivity contribution in [1.29, 1.82) is 0 Å². The maximum Gasteiger partial charge on any atom is 0.404 e. The number of aliphatic carboxylic acids is 1. The predicted molar refractivity (Wildman–Crippen MR) is 69.8 cm³/mol. The summed E-state index contributed by atoms with van der Waals surface area (Å²) in [4.78, 5) is 20.4. The number of carboxylic acid groups (broad SMARTS) is 2. The van der Waals surface area contributed by atoms with Crippen LogP contribution < -0.4 is 5.32 Å². The lowest BCUT2D eigenvalue weighted by Crippen LogP contribution is -2.21. The maximum absolute atomic E-state index is 10.3. The Hall–Kier alpha value is -1.26. The van der Waals surface area contributed by atoms with Crippen LogP contribution >= 0.6 is 0 Å². The Morgan fingerprint density at radius 3 is 1.61 bits per heavy atom. The first-order valence-corrected chi connectivity index (χ1v) is 6.81. The van der Waals surface area contributed by atoms with Gasteiger partial charge < -0.3 is 15.5 Å². The van der Waals surface area contributed by atoms with Crippen molar-refractivity contribution in [1.82, 2.24) is 5.32 Å². The molecule has 106 valence electrons. The minimum Gasteiger partial charge on any atom is -0.481 e. The number of unbranched alkanes of at least 4 members (excludes halogenated alkanes) is 8. The number of carboxylic acids is 1. The first kappa shape index (κ1) is 16.7. The molecule has 0 fully saturated rings. The number of amides is 1. The summed E-state index contributed by atoms with van der Waals surface area (Å²) in [7, 11) is 0. The molecule has 1 amide bonds. The molecule has 0 heterocycles. The fourth-order valence-electron chi connectivity index (χ4n) is 1.83. The molecular formula is C13H25NO4. The van der Waals surface area contributed by atoms with Crippen LogP contribution in [0.4, 0.5) is 4.79 Å². The van der Waals surface area contributed by atoms with E-state index in [-0.39, 0.29) is 6.42 Å². The van der Waals surface area contributed by atoms with Crippen molar-refractivity contribution in [3.63, 3.8) is 0 Å². The van der Waals surface area contributed by atoms with Crippen LogP contribution in [0.5, 0.6) is 0 Å². The van der Waals surface area contributed by atoms with Crippen molar-refractivity contribution in [2.24, 2.45) is 0 Å². The van der Waals surface area contributed by atoms with Gasteiger partial charge in [-0.2, -0.15) is 0 Å². The Morgan fingerprint density at radius 1 is 0.722 bits per heavy atom. The normalized spacial score (nSPS) is 10.2. The third-order valence-corrected chi connectivity index (χ3v) is 2.84. The second-order valence-corrected chi connectivity index (χ2v) is 4.56. The maximum atomic E-state index is 10.3. The van der Waals surface area contributed by atoms with Gasteiger partial charge in [-0.05, 0) is 12.8 Å². The quantitative estimate of drug-likeness (QED) is 0.469. The Bertz CT molecular complexity index is 207. The molecule has 0 rings (SSSR count). The summed E-state index contributed by atoms with van der Waals surface area (Å²) in [6, 6.07) is 0. The fourth-order valence-corrected chi connectivity index (χ4v) is 1.83. The first-order chi connectivity index (χ1) is 8.63. The lowest BCUT2D eigenvalue weighted by molar-refractivity contribution is -0.137. The Kier molecular flexibility index (Phi) is 11.3. The van der Waals surface area contributed by atoms with Crippen LogP contribution in [0, 0.1) is 0 Å². The van der Waals surface area contributed by atoms with E-state index in [2.05, 4.69) is 5.32 Å². The largest absolute Gasteiger partial charge is 0.481 e. The van der Waals surface area contributed by atoms with E-state index in [9.17, 15) is 9.59 Å². The van der Waals surface area contributed by atoms with Crippen molar-refractivity contribution < 1.29 is 19.8 Å². The Morgan fingerprint density at radius 2 is 1.17 bits per heavy atom. The molecule has 3 N–H and O–H groups in total. The monoisotopic (exact) mass is 259 g/mol. The van der Waals surface area contributed by atoms with Crippen LogP contribution in [-0.2, 0) is 4.79 Å². The number of nitrogens with one attached hydrogen (secondary N) is 1. The van der Waals surface area contributed by atoms with E-state index in [1.54, 1.807) is 0 Å². The predicted octanol–water partition coefficient (Wildman–Crippen LogP) is 3.24. The molecular weight excluding hydrogens is 234 g/mol. The second-order valence-electron chi connectivity index (χ2n) is 4.56. The van der Waals surface area contributed by atoms with Gasteiger partial charge in [-0.3, -0.25) is 4.79 Å². The van der Waals surface area contributed by atoms with Gasteiger partial charge in [0.05, 0.1) is 0 Å². The first-order valence-electron chi connectivity index (χ1n) is 6.81. The highest BCUT2D eigenvalue weighted by molar-refractivity contribution is 5.66. The minimum atomic E-state index is -0.948. The van der Waals surface area contributed by atoms with Gasteiger partial charge >= 0.3 is 12.1 Å². The standard InChI is InChI=1S/C13H25NO4/c15-12(16)10-8-6-4-2-1-3-5-7-9-11-14-13(17)18/h14H,1-11H2,(H,15,16)(H,17,18). The lowest BCUT2D eigenvalue weighted by Gasteiger charge is -2.02. The second kappa shape index (κ2) is 12.2. The summed E-state index contributed by atoms with van der Waals surface area (Å²) in [5.74, 6) is -0.704. The van der Waals surface area contributed by atoms with E-state index >= 15 is 0 Å². The lowest BCUT2D eigenvalue weighted by atomic mass is 10.1. The average molecular weight is 259 g/mol. The van der Waals surface area contributed by atoms with Crippen LogP contribution in [0.2, 0.25) is 0 Å². The van der Waals surface area contributed by atoms with Gasteiger partial charge in [0.15, 0.2) is 0 Å². The summed E-state index contributed by atoms with van der Waals surface area (Å²) in [5.41, 5.74) is 0. The molecule has 0 aliphatic rings. The van der Waals surface area contributed by atoms with Gasteiger partial charge in [0.2, 0.25) is 0 Å². The molecule has 0 radical (unpaired) electrons. The summed E-state index contributed by atoms with van der Waals surface area (Å²) in [5, 5.41) is 19.1. The summed E-state index contributed by atoms with van der Waals surface area (Å²) < 4.78 is 0. The molecule has 0 aromatic rings. The van der Waals surface area contributed by atoms with Crippen LogP contribution in [0.1, 0.15) is 64.2 Å². The van der Waals surface area contributed by atoms with Crippen LogP contribution in [0.25, 0.3) is 0 Å². The van der Waals surface area contributed by atoms with E-state index in [1.807, 2.05) is 0 Å². The zero-order valence-corrected chi connectivity index (χ0v) is 11.0. The number of carbonyl (C=O) groups is 2.